The van der Waals surface area contributed by atoms with Crippen molar-refractivity contribution in [2.45, 2.75) is 45.2 Å². The zero-order valence-corrected chi connectivity index (χ0v) is 16.5. The van der Waals surface area contributed by atoms with Gasteiger partial charge in [-0.25, -0.2) is 14.1 Å². The lowest BCUT2D eigenvalue weighted by atomic mass is 10.2. The second-order valence-electron chi connectivity index (χ2n) is 6.41. The van der Waals surface area contributed by atoms with Crippen molar-refractivity contribution in [3.05, 3.63) is 51.5 Å². The minimum absolute atomic E-state index is 0.0410. The Morgan fingerprint density at radius 2 is 2.07 bits per heavy atom. The molecule has 30 heavy (non-hydrogen) atoms. The van der Waals surface area contributed by atoms with Crippen molar-refractivity contribution in [2.75, 3.05) is 0 Å². The van der Waals surface area contributed by atoms with Crippen LogP contribution in [0.25, 0.3) is 0 Å². The quantitative estimate of drug-likeness (QED) is 0.538. The van der Waals surface area contributed by atoms with Crippen LogP contribution in [0.15, 0.2) is 24.4 Å². The van der Waals surface area contributed by atoms with Gasteiger partial charge in [-0.1, -0.05) is 22.6 Å². The van der Waals surface area contributed by atoms with Crippen LogP contribution in [-0.4, -0.2) is 42.3 Å². The molecule has 3 aromatic heterocycles. The lowest BCUT2D eigenvalue weighted by Crippen LogP contribution is -2.23. The highest BCUT2D eigenvalue weighted by Crippen LogP contribution is 2.27. The molecule has 160 valence electrons. The molecule has 3 heterocycles. The van der Waals surface area contributed by atoms with E-state index in [4.69, 9.17) is 0 Å². The van der Waals surface area contributed by atoms with Crippen LogP contribution in [0.1, 0.15) is 38.3 Å². The van der Waals surface area contributed by atoms with Crippen molar-refractivity contribution < 1.29 is 22.4 Å². The first-order valence-corrected chi connectivity index (χ1v) is 9.67. The average Bonchev–Trinajstić information content (AvgIpc) is 3.33. The first-order valence-electron chi connectivity index (χ1n) is 8.85. The minimum Gasteiger partial charge on any atom is -0.344 e. The van der Waals surface area contributed by atoms with Gasteiger partial charge in [0.15, 0.2) is 0 Å². The number of nitrogens with zero attached hydrogens (tertiary/aromatic N) is 6. The van der Waals surface area contributed by atoms with E-state index in [0.717, 1.165) is 17.4 Å². The molecule has 1 unspecified atom stereocenters. The van der Waals surface area contributed by atoms with E-state index in [-0.39, 0.29) is 36.6 Å². The number of halogens is 4. The molecule has 0 radical (unpaired) electrons. The predicted molar refractivity (Wildman–Crippen MR) is 98.3 cm³/mol. The summed E-state index contributed by atoms with van der Waals surface area (Å²) in [6, 6.07) is 3.44. The second kappa shape index (κ2) is 9.24. The third-order valence-electron chi connectivity index (χ3n) is 3.90. The monoisotopic (exact) mass is 443 g/mol. The summed E-state index contributed by atoms with van der Waals surface area (Å²) >= 11 is 1.000. The molecule has 0 fully saturated rings. The van der Waals surface area contributed by atoms with Gasteiger partial charge < -0.3 is 5.32 Å². The molecule has 3 aromatic rings. The van der Waals surface area contributed by atoms with Crippen LogP contribution in [0.3, 0.4) is 0 Å². The Balaban J connectivity index is 1.49. The van der Waals surface area contributed by atoms with Gasteiger partial charge in [-0.05, 0) is 25.5 Å². The van der Waals surface area contributed by atoms with Gasteiger partial charge in [0.2, 0.25) is 5.01 Å². The number of aromatic nitrogens is 6. The summed E-state index contributed by atoms with van der Waals surface area (Å²) in [7, 11) is 0. The molecule has 0 spiro atoms. The Hall–Kier alpha value is -2.96. The number of nitrogens with one attached hydrogen (secondary N) is 1. The van der Waals surface area contributed by atoms with Gasteiger partial charge in [-0.3, -0.25) is 4.79 Å². The zero-order valence-electron chi connectivity index (χ0n) is 15.7. The Morgan fingerprint density at radius 3 is 2.77 bits per heavy atom. The lowest BCUT2D eigenvalue weighted by Gasteiger charge is -2.08. The first-order chi connectivity index (χ1) is 14.2. The van der Waals surface area contributed by atoms with Gasteiger partial charge in [0, 0.05) is 12.6 Å². The second-order valence-corrected chi connectivity index (χ2v) is 7.48. The number of hydrogen-bond donors (Lipinski definition) is 1. The van der Waals surface area contributed by atoms with Crippen molar-refractivity contribution in [2.24, 2.45) is 0 Å². The van der Waals surface area contributed by atoms with Crippen LogP contribution in [0.4, 0.5) is 17.6 Å². The maximum Gasteiger partial charge on any atom is 0.433 e. The fourth-order valence-electron chi connectivity index (χ4n) is 2.49. The number of carbonyl (C=O) groups is 1. The summed E-state index contributed by atoms with van der Waals surface area (Å²) in [4.78, 5) is 15.6. The molecule has 13 heteroatoms. The molecule has 0 saturated heterocycles. The number of amides is 1. The van der Waals surface area contributed by atoms with Crippen LogP contribution in [0.2, 0.25) is 0 Å². The standard InChI is InChI=1S/C17H17F4N7OS/c1-10-8-28(27-24-10)9-11(18)5-6-14-25-26-16(30-14)15(29)22-7-12-3-2-4-13(23-12)17(19,20)21/h2-4,8,11H,5-7,9H2,1H3,(H,22,29). The smallest absolute Gasteiger partial charge is 0.344 e. The minimum atomic E-state index is -4.56. The molecule has 0 saturated carbocycles. The average molecular weight is 443 g/mol. The molecule has 0 aromatic carbocycles. The largest absolute Gasteiger partial charge is 0.433 e. The van der Waals surface area contributed by atoms with E-state index < -0.39 is 23.9 Å². The third kappa shape index (κ3) is 6.02. The Morgan fingerprint density at radius 1 is 1.27 bits per heavy atom. The van der Waals surface area contributed by atoms with E-state index in [1.54, 1.807) is 13.1 Å². The van der Waals surface area contributed by atoms with E-state index >= 15 is 0 Å². The maximum absolute atomic E-state index is 14.1. The van der Waals surface area contributed by atoms with Crippen LogP contribution >= 0.6 is 11.3 Å². The van der Waals surface area contributed by atoms with Crippen LogP contribution < -0.4 is 5.32 Å². The van der Waals surface area contributed by atoms with Gasteiger partial charge in [0.1, 0.15) is 16.9 Å². The third-order valence-corrected chi connectivity index (χ3v) is 4.88. The number of hydrogen-bond acceptors (Lipinski definition) is 7. The van der Waals surface area contributed by atoms with Crippen LogP contribution in [-0.2, 0) is 25.7 Å². The highest BCUT2D eigenvalue weighted by atomic mass is 32.1. The van der Waals surface area contributed by atoms with Crippen LogP contribution in [0.5, 0.6) is 0 Å². The summed E-state index contributed by atoms with van der Waals surface area (Å²) in [6.07, 6.45) is -3.63. The van der Waals surface area contributed by atoms with Crippen molar-refractivity contribution in [3.63, 3.8) is 0 Å². The molecule has 1 amide bonds. The van der Waals surface area contributed by atoms with E-state index in [2.05, 4.69) is 30.8 Å². The van der Waals surface area contributed by atoms with Crippen molar-refractivity contribution in [3.8, 4) is 0 Å². The highest BCUT2D eigenvalue weighted by molar-refractivity contribution is 7.13. The van der Waals surface area contributed by atoms with Gasteiger partial charge in [-0.2, -0.15) is 13.2 Å². The first kappa shape index (κ1) is 21.7. The Bertz CT molecular complexity index is 1000. The number of pyridine rings is 1. The Kier molecular flexibility index (Phi) is 6.70. The number of rotatable bonds is 8. The van der Waals surface area contributed by atoms with Crippen molar-refractivity contribution in [1.29, 1.82) is 0 Å². The molecule has 0 aliphatic carbocycles. The molecular weight excluding hydrogens is 426 g/mol. The molecule has 0 aliphatic heterocycles. The maximum atomic E-state index is 14.1. The summed E-state index contributed by atoms with van der Waals surface area (Å²) in [5, 5.41) is 18.2. The molecule has 3 rings (SSSR count). The van der Waals surface area contributed by atoms with Gasteiger partial charge >= 0.3 is 6.18 Å². The number of alkyl halides is 4. The molecule has 0 aliphatic rings. The molecule has 1 atom stereocenters. The van der Waals surface area contributed by atoms with Crippen molar-refractivity contribution in [1.82, 2.24) is 35.5 Å². The van der Waals surface area contributed by atoms with E-state index in [0.29, 0.717) is 10.7 Å². The van der Waals surface area contributed by atoms with Gasteiger partial charge in [0.05, 0.1) is 24.5 Å². The fraction of sp³-hybridized carbons (Fsp3) is 0.412. The summed E-state index contributed by atoms with van der Waals surface area (Å²) in [5.41, 5.74) is -0.275. The van der Waals surface area contributed by atoms with Crippen molar-refractivity contribution >= 4 is 17.2 Å². The van der Waals surface area contributed by atoms with Crippen LogP contribution in [0, 0.1) is 6.92 Å². The summed E-state index contributed by atoms with van der Waals surface area (Å²) in [5.74, 6) is -0.590. The normalized spacial score (nSPS) is 12.7. The number of carbonyl (C=O) groups excluding carboxylic acids is 1. The fourth-order valence-corrected chi connectivity index (χ4v) is 3.26. The SMILES string of the molecule is Cc1cn(CC(F)CCc2nnc(C(=O)NCc3cccc(C(F)(F)F)n3)s2)nn1. The van der Waals surface area contributed by atoms with E-state index in [1.807, 2.05) is 0 Å². The lowest BCUT2D eigenvalue weighted by molar-refractivity contribution is -0.141. The van der Waals surface area contributed by atoms with Gasteiger partial charge in [0.25, 0.3) is 5.91 Å². The predicted octanol–water partition coefficient (Wildman–Crippen LogP) is 2.75. The van der Waals surface area contributed by atoms with E-state index in [9.17, 15) is 22.4 Å². The summed E-state index contributed by atoms with van der Waals surface area (Å²) in [6.45, 7) is 1.63. The highest BCUT2D eigenvalue weighted by Gasteiger charge is 2.32. The zero-order chi connectivity index (χ0) is 21.7. The summed E-state index contributed by atoms with van der Waals surface area (Å²) < 4.78 is 53.6. The topological polar surface area (TPSA) is 98.5 Å². The number of aryl methyl sites for hydroxylation is 2. The molecule has 8 nitrogen and oxygen atoms in total. The Labute approximate surface area is 172 Å². The van der Waals surface area contributed by atoms with E-state index in [1.165, 1.54) is 16.8 Å². The molecule has 0 bridgehead atoms. The molecule has 1 N–H and O–H groups in total. The molecular formula is C17H17F4N7OS. The van der Waals surface area contributed by atoms with Gasteiger partial charge in [-0.15, -0.1) is 15.3 Å².